The summed E-state index contributed by atoms with van der Waals surface area (Å²) in [5, 5.41) is 0.869. The predicted octanol–water partition coefficient (Wildman–Crippen LogP) is 0.595. The monoisotopic (exact) mass is 530 g/mol. The number of ketones is 2. The number of carbonyl (C=O) groups excluding carboxylic acids is 8. The number of ether oxygens (including phenoxy) is 2. The molecule has 0 aliphatic carbocycles. The fourth-order valence-corrected chi connectivity index (χ4v) is 2.56. The van der Waals surface area contributed by atoms with Crippen molar-refractivity contribution in [2.45, 2.75) is 72.6 Å². The maximum absolute atomic E-state index is 11.5. The van der Waals surface area contributed by atoms with E-state index < -0.39 is 35.6 Å². The molecule has 2 rings (SSSR count). The lowest BCUT2D eigenvalue weighted by molar-refractivity contribution is -0.199. The van der Waals surface area contributed by atoms with E-state index in [0.717, 1.165) is 0 Å². The third-order valence-corrected chi connectivity index (χ3v) is 4.50. The molecule has 2 saturated heterocycles. The largest absolute Gasteiger partial charge is 0.381 e. The molecule has 2 aliphatic heterocycles. The van der Waals surface area contributed by atoms with Gasteiger partial charge in [0.15, 0.2) is 0 Å². The van der Waals surface area contributed by atoms with E-state index in [1.165, 1.54) is 13.8 Å². The number of rotatable bonds is 14. The minimum atomic E-state index is -0.820. The van der Waals surface area contributed by atoms with Crippen LogP contribution in [0.3, 0.4) is 0 Å². The summed E-state index contributed by atoms with van der Waals surface area (Å²) >= 11 is 0. The van der Waals surface area contributed by atoms with Crippen LogP contribution < -0.4 is 0 Å². The van der Waals surface area contributed by atoms with Gasteiger partial charge in [-0.15, -0.1) is 10.1 Å². The first-order valence-corrected chi connectivity index (χ1v) is 11.3. The number of carbonyl (C=O) groups is 8. The van der Waals surface area contributed by atoms with Gasteiger partial charge in [-0.25, -0.2) is 9.59 Å². The molecule has 2 fully saturated rings. The SMILES string of the molecule is C.CC(=O)CCOCCC(C)=O.O=C(CCOCCC(=O)ON1C(=O)CCC1=O)ON1C(=O)CCC1=O. The Bertz CT molecular complexity index is 770. The number of imide groups is 2. The third kappa shape index (κ3) is 14.0. The molecule has 0 spiro atoms. The molecule has 14 nitrogen and oxygen atoms in total. The fourth-order valence-electron chi connectivity index (χ4n) is 2.56. The van der Waals surface area contributed by atoms with Gasteiger partial charge < -0.3 is 19.1 Å². The van der Waals surface area contributed by atoms with Crippen LogP contribution in [0.5, 0.6) is 0 Å². The summed E-state index contributed by atoms with van der Waals surface area (Å²) < 4.78 is 10.0. The molecule has 0 bridgehead atoms. The van der Waals surface area contributed by atoms with E-state index in [4.69, 9.17) is 9.47 Å². The van der Waals surface area contributed by atoms with Gasteiger partial charge in [0.25, 0.3) is 23.6 Å². The number of nitrogens with zero attached hydrogens (tertiary/aromatic N) is 2. The van der Waals surface area contributed by atoms with E-state index in [9.17, 15) is 38.4 Å². The second-order valence-electron chi connectivity index (χ2n) is 7.72. The molecule has 4 amide bonds. The molecule has 0 atom stereocenters. The Morgan fingerprint density at radius 2 is 0.838 bits per heavy atom. The Kier molecular flexibility index (Phi) is 16.1. The zero-order chi connectivity index (χ0) is 27.1. The van der Waals surface area contributed by atoms with Crippen molar-refractivity contribution >= 4 is 47.1 Å². The molecular formula is C23H34N2O12. The highest BCUT2D eigenvalue weighted by molar-refractivity contribution is 6.02. The van der Waals surface area contributed by atoms with E-state index in [2.05, 4.69) is 9.68 Å². The topological polar surface area (TPSA) is 180 Å². The van der Waals surface area contributed by atoms with Gasteiger partial charge in [-0.2, -0.15) is 0 Å². The average Bonchev–Trinajstić information content (AvgIpc) is 3.29. The molecule has 208 valence electrons. The third-order valence-electron chi connectivity index (χ3n) is 4.50. The molecule has 2 heterocycles. The highest BCUT2D eigenvalue weighted by Crippen LogP contribution is 2.13. The van der Waals surface area contributed by atoms with Gasteiger partial charge in [-0.3, -0.25) is 28.8 Å². The lowest BCUT2D eigenvalue weighted by Crippen LogP contribution is -2.32. The van der Waals surface area contributed by atoms with Crippen LogP contribution >= 0.6 is 0 Å². The zero-order valence-electron chi connectivity index (χ0n) is 20.3. The second kappa shape index (κ2) is 17.8. The van der Waals surface area contributed by atoms with Crippen molar-refractivity contribution in [1.82, 2.24) is 10.1 Å². The first-order chi connectivity index (χ1) is 17.0. The maximum Gasteiger partial charge on any atom is 0.335 e. The summed E-state index contributed by atoms with van der Waals surface area (Å²) in [6.45, 7) is 3.70. The summed E-state index contributed by atoms with van der Waals surface area (Å²) in [6, 6.07) is 0. The van der Waals surface area contributed by atoms with Crippen LogP contribution in [0.2, 0.25) is 0 Å². The fraction of sp³-hybridized carbons (Fsp3) is 0.652. The lowest BCUT2D eigenvalue weighted by atomic mass is 10.3. The molecule has 37 heavy (non-hydrogen) atoms. The number of hydrogen-bond donors (Lipinski definition) is 0. The first-order valence-electron chi connectivity index (χ1n) is 11.3. The highest BCUT2D eigenvalue weighted by Gasteiger charge is 2.33. The molecule has 0 unspecified atom stereocenters. The van der Waals surface area contributed by atoms with Gasteiger partial charge in [0.2, 0.25) is 0 Å². The van der Waals surface area contributed by atoms with Crippen LogP contribution in [-0.2, 0) is 57.5 Å². The quantitative estimate of drug-likeness (QED) is 0.226. The van der Waals surface area contributed by atoms with Crippen LogP contribution in [-0.4, -0.2) is 83.7 Å². The molecule has 2 aliphatic rings. The first kappa shape index (κ1) is 33.5. The normalized spacial score (nSPS) is 14.6. The van der Waals surface area contributed by atoms with Gasteiger partial charge in [0.1, 0.15) is 11.6 Å². The molecule has 0 aromatic carbocycles. The average molecular weight is 531 g/mol. The smallest absolute Gasteiger partial charge is 0.335 e. The van der Waals surface area contributed by atoms with Crippen molar-refractivity contribution in [2.75, 3.05) is 26.4 Å². The molecular weight excluding hydrogens is 496 g/mol. The van der Waals surface area contributed by atoms with Gasteiger partial charge in [0.05, 0.1) is 39.3 Å². The van der Waals surface area contributed by atoms with E-state index in [-0.39, 0.29) is 70.7 Å². The van der Waals surface area contributed by atoms with E-state index in [0.29, 0.717) is 36.2 Å². The summed E-state index contributed by atoms with van der Waals surface area (Å²) in [5.74, 6) is -3.71. The number of amides is 4. The summed E-state index contributed by atoms with van der Waals surface area (Å²) in [4.78, 5) is 98.0. The molecule has 0 aromatic rings. The Morgan fingerprint density at radius 1 is 0.568 bits per heavy atom. The Labute approximate surface area is 214 Å². The second-order valence-corrected chi connectivity index (χ2v) is 7.72. The van der Waals surface area contributed by atoms with Crippen molar-refractivity contribution in [3.8, 4) is 0 Å². The number of hydroxylamine groups is 4. The summed E-state index contributed by atoms with van der Waals surface area (Å²) in [5.41, 5.74) is 0. The standard InChI is InChI=1S/C14H16N2O9.C8H14O3.CH4/c17-9-1-2-10(18)15(9)24-13(21)5-7-23-8-6-14(22)25-16-11(19)3-4-12(16)20;1-7(9)3-5-11-6-4-8(2)10;/h1-8H2;3-6H2,1-2H3;1H4. The Balaban J connectivity index is 0.000000918. The molecule has 0 saturated carbocycles. The Hall–Kier alpha value is -3.52. The predicted molar refractivity (Wildman–Crippen MR) is 123 cm³/mol. The van der Waals surface area contributed by atoms with Crippen molar-refractivity contribution in [3.05, 3.63) is 0 Å². The van der Waals surface area contributed by atoms with Crippen molar-refractivity contribution < 1.29 is 57.5 Å². The van der Waals surface area contributed by atoms with Crippen molar-refractivity contribution in [3.63, 3.8) is 0 Å². The van der Waals surface area contributed by atoms with Gasteiger partial charge in [0, 0.05) is 38.5 Å². The van der Waals surface area contributed by atoms with Gasteiger partial charge in [-0.1, -0.05) is 7.43 Å². The summed E-state index contributed by atoms with van der Waals surface area (Å²) in [7, 11) is 0. The molecule has 0 N–H and O–H groups in total. The van der Waals surface area contributed by atoms with Gasteiger partial charge >= 0.3 is 11.9 Å². The van der Waals surface area contributed by atoms with Crippen LogP contribution in [0.1, 0.15) is 72.6 Å². The minimum absolute atomic E-state index is 0. The number of Topliss-reactive ketones (excluding diaryl/α,β-unsaturated/α-hetero) is 2. The minimum Gasteiger partial charge on any atom is -0.381 e. The summed E-state index contributed by atoms with van der Waals surface area (Å²) in [6.07, 6.45) is 0.458. The maximum atomic E-state index is 11.5. The van der Waals surface area contributed by atoms with E-state index >= 15 is 0 Å². The van der Waals surface area contributed by atoms with Crippen LogP contribution in [0, 0.1) is 0 Å². The van der Waals surface area contributed by atoms with Crippen molar-refractivity contribution in [2.24, 2.45) is 0 Å². The van der Waals surface area contributed by atoms with E-state index in [1.807, 2.05) is 0 Å². The van der Waals surface area contributed by atoms with Crippen LogP contribution in [0.25, 0.3) is 0 Å². The highest BCUT2D eigenvalue weighted by atomic mass is 16.7. The van der Waals surface area contributed by atoms with Crippen molar-refractivity contribution in [1.29, 1.82) is 0 Å². The van der Waals surface area contributed by atoms with Crippen LogP contribution in [0.15, 0.2) is 0 Å². The lowest BCUT2D eigenvalue weighted by Gasteiger charge is -2.13. The Morgan fingerprint density at radius 3 is 1.11 bits per heavy atom. The zero-order valence-corrected chi connectivity index (χ0v) is 20.3. The van der Waals surface area contributed by atoms with Gasteiger partial charge in [-0.05, 0) is 13.8 Å². The number of hydrogen-bond acceptors (Lipinski definition) is 12. The molecule has 0 aromatic heterocycles. The molecule has 0 radical (unpaired) electrons. The van der Waals surface area contributed by atoms with E-state index in [1.54, 1.807) is 0 Å². The molecule has 14 heteroatoms. The van der Waals surface area contributed by atoms with Crippen LogP contribution in [0.4, 0.5) is 0 Å².